The summed E-state index contributed by atoms with van der Waals surface area (Å²) in [5.41, 5.74) is 0. The monoisotopic (exact) mass is 296 g/mol. The fraction of sp³-hybridized carbons (Fsp3) is 0.611. The van der Waals surface area contributed by atoms with E-state index in [-0.39, 0.29) is 5.24 Å². The van der Waals surface area contributed by atoms with E-state index < -0.39 is 0 Å². The summed E-state index contributed by atoms with van der Waals surface area (Å²) >= 11 is 5.26. The van der Waals surface area contributed by atoms with Crippen molar-refractivity contribution in [1.82, 2.24) is 0 Å². The summed E-state index contributed by atoms with van der Waals surface area (Å²) in [5, 5.41) is -0.232. The Morgan fingerprint density at radius 2 is 1.35 bits per heavy atom. The fourth-order valence-corrected chi connectivity index (χ4v) is 1.94. The van der Waals surface area contributed by atoms with Gasteiger partial charge in [0.2, 0.25) is 5.24 Å². The van der Waals surface area contributed by atoms with Crippen LogP contribution in [0.2, 0.25) is 0 Å². The quantitative estimate of drug-likeness (QED) is 0.220. The minimum absolute atomic E-state index is 0.232. The van der Waals surface area contributed by atoms with Crippen LogP contribution < -0.4 is 0 Å². The number of carbonyl (C=O) groups is 1. The first-order valence-electron chi connectivity index (χ1n) is 7.90. The predicted octanol–water partition coefficient (Wildman–Crippen LogP) is 6.34. The third kappa shape index (κ3) is 17.2. The van der Waals surface area contributed by atoms with Gasteiger partial charge in [-0.05, 0) is 56.5 Å². The lowest BCUT2D eigenvalue weighted by Gasteiger charge is -1.91. The molecule has 2 heteroatoms. The molecular formula is C18H29ClO. The second-order valence-corrected chi connectivity index (χ2v) is 5.39. The standard InChI is InChI=1S/C18H29ClO/c1-2-3-4-5-6-7-8-9-10-11-12-13-14-15-16-17-18(19)20/h6-7,9-10,13-14H,2-5,8,11-12,15-17H2,1H3/b7-6-,10-9+,14-13-. The molecule has 0 spiro atoms. The summed E-state index contributed by atoms with van der Waals surface area (Å²) in [6.45, 7) is 2.23. The van der Waals surface area contributed by atoms with Crippen molar-refractivity contribution in [3.63, 3.8) is 0 Å². The van der Waals surface area contributed by atoms with Crippen molar-refractivity contribution in [2.24, 2.45) is 0 Å². The van der Waals surface area contributed by atoms with Crippen LogP contribution in [-0.4, -0.2) is 5.24 Å². The zero-order valence-electron chi connectivity index (χ0n) is 12.8. The highest BCUT2D eigenvalue weighted by molar-refractivity contribution is 6.63. The Hall–Kier alpha value is -0.820. The molecule has 0 aliphatic rings. The molecule has 20 heavy (non-hydrogen) atoms. The number of rotatable bonds is 13. The minimum Gasteiger partial charge on any atom is -0.281 e. The molecule has 0 atom stereocenters. The van der Waals surface area contributed by atoms with Gasteiger partial charge in [-0.3, -0.25) is 4.79 Å². The molecule has 0 aliphatic heterocycles. The number of carbonyl (C=O) groups excluding carboxylic acids is 1. The van der Waals surface area contributed by atoms with E-state index in [9.17, 15) is 4.79 Å². The molecule has 0 fully saturated rings. The number of unbranched alkanes of at least 4 members (excludes halogenated alkanes) is 5. The number of hydrogen-bond acceptors (Lipinski definition) is 1. The molecule has 0 bridgehead atoms. The molecule has 0 amide bonds. The molecule has 0 aromatic rings. The van der Waals surface area contributed by atoms with Gasteiger partial charge in [0, 0.05) is 6.42 Å². The van der Waals surface area contributed by atoms with Crippen LogP contribution in [0.4, 0.5) is 0 Å². The number of allylic oxidation sites excluding steroid dienone is 6. The van der Waals surface area contributed by atoms with E-state index in [0.717, 1.165) is 32.1 Å². The zero-order valence-corrected chi connectivity index (χ0v) is 13.6. The largest absolute Gasteiger partial charge is 0.281 e. The summed E-state index contributed by atoms with van der Waals surface area (Å²) in [7, 11) is 0. The van der Waals surface area contributed by atoms with E-state index >= 15 is 0 Å². The van der Waals surface area contributed by atoms with E-state index in [1.807, 2.05) is 0 Å². The lowest BCUT2D eigenvalue weighted by molar-refractivity contribution is -0.111. The average Bonchev–Trinajstić information content (AvgIpc) is 2.43. The third-order valence-electron chi connectivity index (χ3n) is 2.99. The Morgan fingerprint density at radius 1 is 0.800 bits per heavy atom. The highest BCUT2D eigenvalue weighted by Crippen LogP contribution is 2.03. The molecule has 0 N–H and O–H groups in total. The van der Waals surface area contributed by atoms with Gasteiger partial charge in [0.15, 0.2) is 0 Å². The van der Waals surface area contributed by atoms with Gasteiger partial charge < -0.3 is 0 Å². The highest BCUT2D eigenvalue weighted by Gasteiger charge is 1.92. The topological polar surface area (TPSA) is 17.1 Å². The molecular weight excluding hydrogens is 268 g/mol. The average molecular weight is 297 g/mol. The molecule has 0 heterocycles. The van der Waals surface area contributed by atoms with Crippen molar-refractivity contribution >= 4 is 16.8 Å². The van der Waals surface area contributed by atoms with Crippen molar-refractivity contribution in [1.29, 1.82) is 0 Å². The van der Waals surface area contributed by atoms with E-state index in [0.29, 0.717) is 6.42 Å². The summed E-state index contributed by atoms with van der Waals surface area (Å²) in [6, 6.07) is 0. The van der Waals surface area contributed by atoms with Gasteiger partial charge in [0.25, 0.3) is 0 Å². The molecule has 0 unspecified atom stereocenters. The summed E-state index contributed by atoms with van der Waals surface area (Å²) < 4.78 is 0. The van der Waals surface area contributed by atoms with Crippen LogP contribution in [0.5, 0.6) is 0 Å². The van der Waals surface area contributed by atoms with Crippen LogP contribution >= 0.6 is 11.6 Å². The van der Waals surface area contributed by atoms with Crippen LogP contribution in [0.25, 0.3) is 0 Å². The zero-order chi connectivity index (χ0) is 14.9. The summed E-state index contributed by atoms with van der Waals surface area (Å²) in [5.74, 6) is 0. The van der Waals surface area contributed by atoms with Crippen LogP contribution in [0.15, 0.2) is 36.5 Å². The van der Waals surface area contributed by atoms with E-state index in [2.05, 4.69) is 43.4 Å². The predicted molar refractivity (Wildman–Crippen MR) is 90.1 cm³/mol. The van der Waals surface area contributed by atoms with Gasteiger partial charge in [-0.1, -0.05) is 56.2 Å². The molecule has 1 nitrogen and oxygen atoms in total. The Bertz CT molecular complexity index is 303. The van der Waals surface area contributed by atoms with Gasteiger partial charge in [-0.15, -0.1) is 0 Å². The molecule has 0 aromatic heterocycles. The Balaban J connectivity index is 3.30. The van der Waals surface area contributed by atoms with Crippen molar-refractivity contribution in [2.45, 2.75) is 71.1 Å². The van der Waals surface area contributed by atoms with E-state index in [1.165, 1.54) is 25.7 Å². The van der Waals surface area contributed by atoms with Gasteiger partial charge in [-0.2, -0.15) is 0 Å². The van der Waals surface area contributed by atoms with Gasteiger partial charge in [-0.25, -0.2) is 0 Å². The second kappa shape index (κ2) is 16.2. The van der Waals surface area contributed by atoms with E-state index in [1.54, 1.807) is 0 Å². The van der Waals surface area contributed by atoms with Crippen LogP contribution in [0.1, 0.15) is 71.1 Å². The molecule has 0 aliphatic carbocycles. The Kier molecular flexibility index (Phi) is 15.6. The molecule has 0 aromatic carbocycles. The fourth-order valence-electron chi connectivity index (χ4n) is 1.81. The normalized spacial score (nSPS) is 12.1. The summed E-state index contributed by atoms with van der Waals surface area (Å²) in [6.07, 6.45) is 24.0. The first-order valence-corrected chi connectivity index (χ1v) is 8.28. The van der Waals surface area contributed by atoms with Gasteiger partial charge in [0.05, 0.1) is 0 Å². The van der Waals surface area contributed by atoms with Crippen molar-refractivity contribution < 1.29 is 4.79 Å². The SMILES string of the molecule is CCCCC/C=C\C/C=C/CC/C=C\CCCC(=O)Cl. The smallest absolute Gasteiger partial charge is 0.221 e. The molecule has 0 saturated carbocycles. The number of halogens is 1. The summed E-state index contributed by atoms with van der Waals surface area (Å²) in [4.78, 5) is 10.5. The van der Waals surface area contributed by atoms with Crippen LogP contribution in [-0.2, 0) is 4.79 Å². The Morgan fingerprint density at radius 3 is 2.00 bits per heavy atom. The maximum atomic E-state index is 10.5. The first-order chi connectivity index (χ1) is 9.77. The third-order valence-corrected chi connectivity index (χ3v) is 3.18. The van der Waals surface area contributed by atoms with Crippen molar-refractivity contribution in [3.8, 4) is 0 Å². The molecule has 0 saturated heterocycles. The van der Waals surface area contributed by atoms with E-state index in [4.69, 9.17) is 11.6 Å². The maximum Gasteiger partial charge on any atom is 0.221 e. The maximum absolute atomic E-state index is 10.5. The van der Waals surface area contributed by atoms with Crippen molar-refractivity contribution in [2.75, 3.05) is 0 Å². The molecule has 0 radical (unpaired) electrons. The Labute approximate surface area is 129 Å². The van der Waals surface area contributed by atoms with Crippen LogP contribution in [0, 0.1) is 0 Å². The molecule has 0 rings (SSSR count). The minimum atomic E-state index is -0.232. The lowest BCUT2D eigenvalue weighted by atomic mass is 10.2. The second-order valence-electron chi connectivity index (χ2n) is 4.97. The van der Waals surface area contributed by atoms with Gasteiger partial charge >= 0.3 is 0 Å². The van der Waals surface area contributed by atoms with Crippen molar-refractivity contribution in [3.05, 3.63) is 36.5 Å². The number of hydrogen-bond donors (Lipinski definition) is 0. The first kappa shape index (κ1) is 19.2. The highest BCUT2D eigenvalue weighted by atomic mass is 35.5. The van der Waals surface area contributed by atoms with Crippen LogP contribution in [0.3, 0.4) is 0 Å². The molecule has 114 valence electrons. The lowest BCUT2D eigenvalue weighted by Crippen LogP contribution is -1.83. The van der Waals surface area contributed by atoms with Gasteiger partial charge in [0.1, 0.15) is 0 Å².